The van der Waals surface area contributed by atoms with Crippen molar-refractivity contribution in [3.8, 4) is 0 Å². The average molecular weight is 232 g/mol. The van der Waals surface area contributed by atoms with Crippen LogP contribution in [0.2, 0.25) is 0 Å². The van der Waals surface area contributed by atoms with Crippen LogP contribution >= 0.6 is 11.6 Å². The van der Waals surface area contributed by atoms with Crippen LogP contribution in [0.4, 0.5) is 0 Å². The fourth-order valence-corrected chi connectivity index (χ4v) is 2.85. The quantitative estimate of drug-likeness (QED) is 0.514. The number of hydrogen-bond donors (Lipinski definition) is 1. The monoisotopic (exact) mass is 231 g/mol. The van der Waals surface area contributed by atoms with Gasteiger partial charge < -0.3 is 5.32 Å². The number of alkyl halides is 1. The lowest BCUT2D eigenvalue weighted by molar-refractivity contribution is 0.257. The fourth-order valence-electron chi connectivity index (χ4n) is 2.49. The van der Waals surface area contributed by atoms with E-state index in [0.29, 0.717) is 0 Å². The molecule has 1 saturated carbocycles. The molecule has 1 nitrogen and oxygen atoms in total. The molecule has 1 aliphatic rings. The van der Waals surface area contributed by atoms with Crippen molar-refractivity contribution in [1.29, 1.82) is 0 Å². The van der Waals surface area contributed by atoms with Gasteiger partial charge in [-0.05, 0) is 25.8 Å². The van der Waals surface area contributed by atoms with Crippen LogP contribution in [0.5, 0.6) is 0 Å². The lowest BCUT2D eigenvalue weighted by Crippen LogP contribution is -2.48. The molecule has 0 aromatic rings. The third-order valence-electron chi connectivity index (χ3n) is 3.60. The standard InChI is InChI=1S/C13H26ClN/c1-2-3-4-8-11-15-13(12-14)9-6-5-7-10-13/h15H,2-12H2,1H3. The average Bonchev–Trinajstić information content (AvgIpc) is 2.30. The van der Waals surface area contributed by atoms with Gasteiger partial charge in [-0.25, -0.2) is 0 Å². The summed E-state index contributed by atoms with van der Waals surface area (Å²) in [4.78, 5) is 0. The van der Waals surface area contributed by atoms with Crippen LogP contribution in [0.25, 0.3) is 0 Å². The van der Waals surface area contributed by atoms with Crippen molar-refractivity contribution in [1.82, 2.24) is 5.32 Å². The molecular formula is C13H26ClN. The molecular weight excluding hydrogens is 206 g/mol. The topological polar surface area (TPSA) is 12.0 Å². The second-order valence-corrected chi connectivity index (χ2v) is 5.23. The highest BCUT2D eigenvalue weighted by atomic mass is 35.5. The first-order valence-electron chi connectivity index (χ1n) is 6.64. The van der Waals surface area contributed by atoms with Crippen molar-refractivity contribution in [2.24, 2.45) is 0 Å². The lowest BCUT2D eigenvalue weighted by Gasteiger charge is -2.36. The van der Waals surface area contributed by atoms with E-state index in [2.05, 4.69) is 12.2 Å². The second-order valence-electron chi connectivity index (χ2n) is 4.96. The van der Waals surface area contributed by atoms with Gasteiger partial charge in [-0.2, -0.15) is 0 Å². The molecule has 0 radical (unpaired) electrons. The van der Waals surface area contributed by atoms with Gasteiger partial charge in [0.05, 0.1) is 0 Å². The molecule has 0 amide bonds. The zero-order chi connectivity index (χ0) is 11.0. The first kappa shape index (κ1) is 13.3. The highest BCUT2D eigenvalue weighted by molar-refractivity contribution is 6.18. The van der Waals surface area contributed by atoms with Gasteiger partial charge in [-0.15, -0.1) is 11.6 Å². The van der Waals surface area contributed by atoms with E-state index in [9.17, 15) is 0 Å². The molecule has 1 rings (SSSR count). The minimum absolute atomic E-state index is 0.284. The van der Waals surface area contributed by atoms with Gasteiger partial charge in [-0.1, -0.05) is 45.4 Å². The van der Waals surface area contributed by atoms with Crippen LogP contribution < -0.4 is 5.32 Å². The third kappa shape index (κ3) is 4.74. The van der Waals surface area contributed by atoms with E-state index in [1.54, 1.807) is 0 Å². The Morgan fingerprint density at radius 1 is 1.07 bits per heavy atom. The van der Waals surface area contributed by atoms with Crippen molar-refractivity contribution >= 4 is 11.6 Å². The zero-order valence-electron chi connectivity index (χ0n) is 10.2. The molecule has 1 fully saturated rings. The molecule has 1 N–H and O–H groups in total. The number of unbranched alkanes of at least 4 members (excludes halogenated alkanes) is 3. The van der Waals surface area contributed by atoms with Gasteiger partial charge in [0, 0.05) is 11.4 Å². The van der Waals surface area contributed by atoms with Crippen LogP contribution in [0.3, 0.4) is 0 Å². The predicted octanol–water partition coefficient (Wildman–Crippen LogP) is 4.10. The molecule has 0 spiro atoms. The second kappa shape index (κ2) is 7.51. The normalized spacial score (nSPS) is 20.4. The Bertz CT molecular complexity index is 153. The minimum Gasteiger partial charge on any atom is -0.310 e. The van der Waals surface area contributed by atoms with Gasteiger partial charge in [0.1, 0.15) is 0 Å². The summed E-state index contributed by atoms with van der Waals surface area (Å²) in [6, 6.07) is 0. The van der Waals surface area contributed by atoms with E-state index < -0.39 is 0 Å². The highest BCUT2D eigenvalue weighted by Gasteiger charge is 2.29. The number of hydrogen-bond acceptors (Lipinski definition) is 1. The van der Waals surface area contributed by atoms with Crippen molar-refractivity contribution in [3.63, 3.8) is 0 Å². The maximum atomic E-state index is 6.11. The molecule has 0 atom stereocenters. The maximum Gasteiger partial charge on any atom is 0.0406 e. The summed E-state index contributed by atoms with van der Waals surface area (Å²) in [6.45, 7) is 3.42. The minimum atomic E-state index is 0.284. The summed E-state index contributed by atoms with van der Waals surface area (Å²) in [7, 11) is 0. The predicted molar refractivity (Wildman–Crippen MR) is 68.7 cm³/mol. The van der Waals surface area contributed by atoms with Gasteiger partial charge in [0.25, 0.3) is 0 Å². The summed E-state index contributed by atoms with van der Waals surface area (Å²) in [6.07, 6.45) is 12.0. The Kier molecular flexibility index (Phi) is 6.67. The van der Waals surface area contributed by atoms with Gasteiger partial charge in [-0.3, -0.25) is 0 Å². The van der Waals surface area contributed by atoms with E-state index in [4.69, 9.17) is 11.6 Å². The summed E-state index contributed by atoms with van der Waals surface area (Å²) < 4.78 is 0. The molecule has 0 unspecified atom stereocenters. The summed E-state index contributed by atoms with van der Waals surface area (Å²) >= 11 is 6.11. The summed E-state index contributed by atoms with van der Waals surface area (Å²) in [5.74, 6) is 0.792. The van der Waals surface area contributed by atoms with Crippen LogP contribution in [-0.2, 0) is 0 Å². The molecule has 0 saturated heterocycles. The van der Waals surface area contributed by atoms with Crippen LogP contribution in [-0.4, -0.2) is 18.0 Å². The maximum absolute atomic E-state index is 6.11. The van der Waals surface area contributed by atoms with E-state index in [1.807, 2.05) is 0 Å². The van der Waals surface area contributed by atoms with Gasteiger partial charge in [0.2, 0.25) is 0 Å². The molecule has 0 aromatic heterocycles. The first-order chi connectivity index (χ1) is 7.33. The summed E-state index contributed by atoms with van der Waals surface area (Å²) in [5.41, 5.74) is 0.284. The van der Waals surface area contributed by atoms with Gasteiger partial charge in [0.15, 0.2) is 0 Å². The van der Waals surface area contributed by atoms with E-state index >= 15 is 0 Å². The molecule has 0 aliphatic heterocycles. The molecule has 0 aromatic carbocycles. The Morgan fingerprint density at radius 3 is 2.40 bits per heavy atom. The third-order valence-corrected chi connectivity index (χ3v) is 4.11. The Hall–Kier alpha value is 0.250. The van der Waals surface area contributed by atoms with Gasteiger partial charge >= 0.3 is 0 Å². The smallest absolute Gasteiger partial charge is 0.0406 e. The molecule has 1 aliphatic carbocycles. The summed E-state index contributed by atoms with van der Waals surface area (Å²) in [5, 5.41) is 3.71. The van der Waals surface area contributed by atoms with Crippen molar-refractivity contribution in [2.75, 3.05) is 12.4 Å². The number of rotatable bonds is 7. The van der Waals surface area contributed by atoms with Crippen LogP contribution in [0.15, 0.2) is 0 Å². The molecule has 0 bridgehead atoms. The van der Waals surface area contributed by atoms with E-state index in [0.717, 1.165) is 12.4 Å². The molecule has 0 heterocycles. The molecule has 2 heteroatoms. The largest absolute Gasteiger partial charge is 0.310 e. The van der Waals surface area contributed by atoms with Crippen molar-refractivity contribution in [3.05, 3.63) is 0 Å². The Balaban J connectivity index is 2.15. The SMILES string of the molecule is CCCCCCNC1(CCl)CCCCC1. The van der Waals surface area contributed by atoms with Crippen molar-refractivity contribution in [2.45, 2.75) is 70.3 Å². The first-order valence-corrected chi connectivity index (χ1v) is 7.17. The molecule has 15 heavy (non-hydrogen) atoms. The lowest BCUT2D eigenvalue weighted by atomic mass is 9.83. The Morgan fingerprint density at radius 2 is 1.80 bits per heavy atom. The van der Waals surface area contributed by atoms with E-state index in [-0.39, 0.29) is 5.54 Å². The zero-order valence-corrected chi connectivity index (χ0v) is 10.9. The highest BCUT2D eigenvalue weighted by Crippen LogP contribution is 2.29. The Labute approximate surface area is 100.0 Å². The van der Waals surface area contributed by atoms with Crippen molar-refractivity contribution < 1.29 is 0 Å². The van der Waals surface area contributed by atoms with E-state index in [1.165, 1.54) is 57.8 Å². The molecule has 90 valence electrons. The number of nitrogens with one attached hydrogen (secondary N) is 1. The van der Waals surface area contributed by atoms with Crippen LogP contribution in [0.1, 0.15) is 64.7 Å². The van der Waals surface area contributed by atoms with Crippen LogP contribution in [0, 0.1) is 0 Å². The number of halogens is 1. The fraction of sp³-hybridized carbons (Fsp3) is 1.00.